The quantitative estimate of drug-likeness (QED) is 0.114. The van der Waals surface area contributed by atoms with Gasteiger partial charge in [0.15, 0.2) is 11.7 Å². The molecule has 43 heavy (non-hydrogen) atoms. The van der Waals surface area contributed by atoms with E-state index in [2.05, 4.69) is 24.7 Å². The highest BCUT2D eigenvalue weighted by Gasteiger charge is 2.35. The highest BCUT2D eigenvalue weighted by atomic mass is 32.2. The third kappa shape index (κ3) is 8.12. The molecular formula is C25H27F3N6O8S. The summed E-state index contributed by atoms with van der Waals surface area (Å²) in [5, 5.41) is 19.6. The van der Waals surface area contributed by atoms with E-state index in [1.54, 1.807) is 24.3 Å². The summed E-state index contributed by atoms with van der Waals surface area (Å²) in [6, 6.07) is 10.8. The van der Waals surface area contributed by atoms with Gasteiger partial charge in [-0.3, -0.25) is 9.63 Å². The molecule has 1 unspecified atom stereocenters. The van der Waals surface area contributed by atoms with Gasteiger partial charge in [-0.25, -0.2) is 22.6 Å². The van der Waals surface area contributed by atoms with Gasteiger partial charge >= 0.3 is 12.3 Å². The van der Waals surface area contributed by atoms with Gasteiger partial charge in [-0.1, -0.05) is 29.8 Å². The van der Waals surface area contributed by atoms with Crippen LogP contribution in [0.5, 0.6) is 0 Å². The molecule has 1 heterocycles. The lowest BCUT2D eigenvalue weighted by Crippen LogP contribution is -2.47. The zero-order valence-corrected chi connectivity index (χ0v) is 24.2. The molecule has 1 N–H and O–H groups in total. The van der Waals surface area contributed by atoms with Gasteiger partial charge in [0.2, 0.25) is 5.28 Å². The van der Waals surface area contributed by atoms with E-state index in [4.69, 9.17) is 0 Å². The van der Waals surface area contributed by atoms with Crippen LogP contribution in [-0.4, -0.2) is 66.7 Å². The van der Waals surface area contributed by atoms with Crippen molar-refractivity contribution in [3.63, 3.8) is 0 Å². The number of ether oxygens (including phenoxy) is 2. The number of carbonyl (C=O) groups is 2. The highest BCUT2D eigenvalue weighted by molar-refractivity contribution is 7.90. The van der Waals surface area contributed by atoms with Crippen molar-refractivity contribution in [3.05, 3.63) is 71.1 Å². The van der Waals surface area contributed by atoms with Gasteiger partial charge in [0.05, 0.1) is 35.4 Å². The van der Waals surface area contributed by atoms with Crippen molar-refractivity contribution in [2.75, 3.05) is 14.2 Å². The maximum absolute atomic E-state index is 13.5. The first-order valence-electron chi connectivity index (χ1n) is 12.3. The molecule has 0 saturated heterocycles. The number of amides is 1. The number of sulfonamides is 1. The van der Waals surface area contributed by atoms with Crippen molar-refractivity contribution in [2.24, 2.45) is 5.28 Å². The number of hydrazine groups is 1. The fourth-order valence-corrected chi connectivity index (χ4v) is 4.42. The van der Waals surface area contributed by atoms with Crippen molar-refractivity contribution in [3.8, 4) is 16.9 Å². The second-order valence-corrected chi connectivity index (χ2v) is 10.7. The van der Waals surface area contributed by atoms with E-state index in [1.165, 1.54) is 26.0 Å². The number of rotatable bonds is 10. The predicted molar refractivity (Wildman–Crippen MR) is 141 cm³/mol. The van der Waals surface area contributed by atoms with E-state index >= 15 is 0 Å². The molecule has 0 aliphatic heterocycles. The molecule has 0 bridgehead atoms. The second-order valence-electron chi connectivity index (χ2n) is 8.98. The molecule has 0 spiro atoms. The van der Waals surface area contributed by atoms with Gasteiger partial charge in [-0.15, -0.1) is 5.01 Å². The number of hydrogen-bond donors (Lipinski definition) is 1. The molecule has 0 fully saturated rings. The van der Waals surface area contributed by atoms with E-state index in [0.29, 0.717) is 10.6 Å². The topological polar surface area (TPSA) is 167 Å². The zero-order valence-electron chi connectivity index (χ0n) is 23.4. The van der Waals surface area contributed by atoms with Crippen LogP contribution in [0.15, 0.2) is 64.8 Å². The Morgan fingerprint density at radius 1 is 1.12 bits per heavy atom. The molecule has 2 aromatic carbocycles. The fraction of sp³-hybridized carbons (Fsp3) is 0.320. The van der Waals surface area contributed by atoms with E-state index < -0.39 is 46.3 Å². The molecule has 3 rings (SSSR count). The van der Waals surface area contributed by atoms with E-state index in [-0.39, 0.29) is 21.2 Å². The van der Waals surface area contributed by atoms with Gasteiger partial charge in [-0.2, -0.15) is 18.3 Å². The summed E-state index contributed by atoms with van der Waals surface area (Å²) >= 11 is 0. The van der Waals surface area contributed by atoms with E-state index in [0.717, 1.165) is 42.6 Å². The highest BCUT2D eigenvalue weighted by Crippen LogP contribution is 2.33. The molecule has 0 aliphatic carbocycles. The number of benzene rings is 2. The first-order valence-corrected chi connectivity index (χ1v) is 13.7. The number of nitrogens with zero attached hydrogens (tertiary/aromatic N) is 5. The number of hydrogen-bond acceptors (Lipinski definition) is 10. The SMILES string of the molecule is COC(=O)OC(C)ON=[N+]([O-])N(C)[C@@H](C)C(=O)NS(=O)(=O)c1ccc(-n2nc(C(F)(F)F)cc2-c2ccc(C)cc2)cc1. The lowest BCUT2D eigenvalue weighted by atomic mass is 10.1. The Morgan fingerprint density at radius 3 is 2.28 bits per heavy atom. The molecule has 0 aliphatic rings. The Balaban J connectivity index is 1.78. The molecular weight excluding hydrogens is 601 g/mol. The zero-order chi connectivity index (χ0) is 32.1. The maximum atomic E-state index is 13.5. The average molecular weight is 629 g/mol. The molecule has 1 amide bonds. The number of aromatic nitrogens is 2. The lowest BCUT2D eigenvalue weighted by molar-refractivity contribution is -0.711. The molecule has 18 heteroatoms. The van der Waals surface area contributed by atoms with Crippen LogP contribution in [0.3, 0.4) is 0 Å². The summed E-state index contributed by atoms with van der Waals surface area (Å²) in [7, 11) is -2.31. The van der Waals surface area contributed by atoms with Crippen molar-refractivity contribution in [1.82, 2.24) is 19.5 Å². The average Bonchev–Trinajstić information content (AvgIpc) is 3.41. The Morgan fingerprint density at radius 2 is 1.72 bits per heavy atom. The van der Waals surface area contributed by atoms with Crippen LogP contribution < -0.4 is 4.72 Å². The number of likely N-dealkylation sites (N-methyl/N-ethyl adjacent to an activating group) is 1. The standard InChI is InChI=1S/C25H27F3N6O8S/c1-15-6-8-18(9-7-15)21-14-22(25(26,27)28)29-33(21)19-10-12-20(13-11-19)43(38,39)30-23(35)16(2)32(4)34(37)31-42-17(3)41-24(36)40-5/h6-14,16-17H,1-5H3,(H,30,35)/t16-,17?/m0/s1. The van der Waals surface area contributed by atoms with Crippen LogP contribution in [0.25, 0.3) is 16.9 Å². The number of aryl methyl sites for hydroxylation is 1. The summed E-state index contributed by atoms with van der Waals surface area (Å²) in [5.74, 6) is -1.12. The van der Waals surface area contributed by atoms with Crippen LogP contribution in [-0.2, 0) is 35.3 Å². The summed E-state index contributed by atoms with van der Waals surface area (Å²) < 4.78 is 77.8. The predicted octanol–water partition coefficient (Wildman–Crippen LogP) is 3.93. The molecule has 14 nitrogen and oxygen atoms in total. The monoisotopic (exact) mass is 628 g/mol. The van der Waals surface area contributed by atoms with E-state index in [1.807, 2.05) is 11.6 Å². The van der Waals surface area contributed by atoms with Crippen LogP contribution in [0.4, 0.5) is 18.0 Å². The van der Waals surface area contributed by atoms with Crippen LogP contribution >= 0.6 is 0 Å². The molecule has 1 aromatic heterocycles. The van der Waals surface area contributed by atoms with Crippen LogP contribution in [0.1, 0.15) is 25.1 Å². The minimum atomic E-state index is -4.73. The Bertz CT molecular complexity index is 1590. The third-order valence-corrected chi connectivity index (χ3v) is 7.24. The first-order chi connectivity index (χ1) is 20.0. The van der Waals surface area contributed by atoms with Gasteiger partial charge in [-0.05, 0) is 44.2 Å². The van der Waals surface area contributed by atoms with Crippen LogP contribution in [0, 0.1) is 12.1 Å². The Labute approximate surface area is 243 Å². The lowest BCUT2D eigenvalue weighted by Gasteiger charge is -2.20. The Kier molecular flexibility index (Phi) is 9.85. The summed E-state index contributed by atoms with van der Waals surface area (Å²) in [6.45, 7) is 4.25. The van der Waals surface area contributed by atoms with Crippen molar-refractivity contribution < 1.29 is 50.5 Å². The molecule has 0 saturated carbocycles. The second kappa shape index (κ2) is 13.0. The van der Waals surface area contributed by atoms with Crippen LogP contribution in [0.2, 0.25) is 0 Å². The smallest absolute Gasteiger partial charge is 0.511 e. The summed E-state index contributed by atoms with van der Waals surface area (Å²) in [6.07, 6.45) is -7.14. The summed E-state index contributed by atoms with van der Waals surface area (Å²) in [5.41, 5.74) is 0.452. The minimum absolute atomic E-state index is 0.121. The Hall–Kier alpha value is -4.87. The van der Waals surface area contributed by atoms with Gasteiger partial charge < -0.3 is 14.7 Å². The fourth-order valence-electron chi connectivity index (χ4n) is 3.38. The molecule has 0 radical (unpaired) electrons. The summed E-state index contributed by atoms with van der Waals surface area (Å²) in [4.78, 5) is 27.8. The largest absolute Gasteiger partial charge is 0.569 e. The van der Waals surface area contributed by atoms with Gasteiger partial charge in [0.1, 0.15) is 0 Å². The van der Waals surface area contributed by atoms with Crippen molar-refractivity contribution in [2.45, 2.75) is 44.2 Å². The third-order valence-electron chi connectivity index (χ3n) is 5.88. The number of carbonyl (C=O) groups excluding carboxylic acids is 2. The maximum Gasteiger partial charge on any atom is 0.511 e. The first kappa shape index (κ1) is 32.6. The number of alkyl halides is 3. The number of halogens is 3. The molecule has 232 valence electrons. The van der Waals surface area contributed by atoms with Gasteiger partial charge in [0.25, 0.3) is 22.2 Å². The van der Waals surface area contributed by atoms with Crippen molar-refractivity contribution in [1.29, 1.82) is 0 Å². The molecule has 2 atom stereocenters. The number of methoxy groups -OCH3 is 1. The minimum Gasteiger partial charge on any atom is -0.569 e. The van der Waals surface area contributed by atoms with Crippen molar-refractivity contribution >= 4 is 22.1 Å². The number of nitrogens with one attached hydrogen (secondary N) is 1. The van der Waals surface area contributed by atoms with Gasteiger partial charge in [0, 0.05) is 12.5 Å². The normalized spacial score (nSPS) is 13.5. The van der Waals surface area contributed by atoms with E-state index in [9.17, 15) is 36.4 Å². The molecule has 3 aromatic rings.